The number of non-ortho nitro benzene ring substituents is 1. The molecule has 0 saturated carbocycles. The molecule has 2 aromatic carbocycles. The van der Waals surface area contributed by atoms with Crippen molar-refractivity contribution in [3.8, 4) is 0 Å². The Morgan fingerprint density at radius 1 is 1.08 bits per heavy atom. The van der Waals surface area contributed by atoms with Crippen LogP contribution in [0.1, 0.15) is 5.56 Å². The van der Waals surface area contributed by atoms with Crippen molar-refractivity contribution < 1.29 is 4.92 Å². The molecule has 6 nitrogen and oxygen atoms in total. The number of hydrogen-bond acceptors (Lipinski definition) is 6. The lowest BCUT2D eigenvalue weighted by Crippen LogP contribution is -2.46. The van der Waals surface area contributed by atoms with E-state index in [1.807, 2.05) is 0 Å². The normalized spacial score (nSPS) is 15.5. The third-order valence-corrected chi connectivity index (χ3v) is 5.85. The minimum Gasteiger partial charge on any atom is -0.345 e. The van der Waals surface area contributed by atoms with Crippen molar-refractivity contribution >= 4 is 32.4 Å². The van der Waals surface area contributed by atoms with Crippen LogP contribution in [0.5, 0.6) is 0 Å². The van der Waals surface area contributed by atoms with E-state index in [4.69, 9.17) is 0 Å². The molecule has 26 heavy (non-hydrogen) atoms. The van der Waals surface area contributed by atoms with Gasteiger partial charge >= 0.3 is 0 Å². The molecule has 1 saturated heterocycles. The third-order valence-electron chi connectivity index (χ3n) is 4.77. The summed E-state index contributed by atoms with van der Waals surface area (Å²) in [7, 11) is 0. The number of nitrogens with zero attached hydrogens (tertiary/aromatic N) is 4. The maximum absolute atomic E-state index is 10.9. The summed E-state index contributed by atoms with van der Waals surface area (Å²) < 4.78 is 0.876. The number of aromatic nitrogens is 1. The predicted molar refractivity (Wildman–Crippen MR) is 105 cm³/mol. The van der Waals surface area contributed by atoms with E-state index in [1.54, 1.807) is 12.1 Å². The molecule has 1 aliphatic rings. The van der Waals surface area contributed by atoms with Crippen LogP contribution in [-0.4, -0.2) is 47.5 Å². The minimum atomic E-state index is -0.357. The number of rotatable bonds is 5. The van der Waals surface area contributed by atoms with E-state index in [-0.39, 0.29) is 10.6 Å². The first kappa shape index (κ1) is 16.9. The Morgan fingerprint density at radius 3 is 2.58 bits per heavy atom. The number of anilines is 1. The second kappa shape index (κ2) is 7.39. The van der Waals surface area contributed by atoms with E-state index < -0.39 is 0 Å². The summed E-state index contributed by atoms with van der Waals surface area (Å²) in [6.07, 6.45) is 1.08. The molecule has 134 valence electrons. The molecule has 0 bridgehead atoms. The van der Waals surface area contributed by atoms with E-state index in [0.29, 0.717) is 0 Å². The van der Waals surface area contributed by atoms with Crippen molar-refractivity contribution in [1.29, 1.82) is 0 Å². The molecule has 1 aliphatic heterocycles. The average molecular weight is 368 g/mol. The number of nitro groups is 1. The molecule has 0 N–H and O–H groups in total. The van der Waals surface area contributed by atoms with Gasteiger partial charge in [0.15, 0.2) is 5.13 Å². The fourth-order valence-electron chi connectivity index (χ4n) is 3.24. The molecule has 7 heteroatoms. The van der Waals surface area contributed by atoms with Gasteiger partial charge in [0.25, 0.3) is 5.69 Å². The van der Waals surface area contributed by atoms with Gasteiger partial charge in [0.1, 0.15) is 0 Å². The van der Waals surface area contributed by atoms with Crippen LogP contribution >= 0.6 is 11.3 Å². The summed E-state index contributed by atoms with van der Waals surface area (Å²) in [6.45, 7) is 4.99. The Kier molecular flexibility index (Phi) is 4.81. The zero-order valence-electron chi connectivity index (χ0n) is 14.4. The molecule has 2 heterocycles. The third kappa shape index (κ3) is 3.68. The van der Waals surface area contributed by atoms with Gasteiger partial charge in [-0.15, -0.1) is 0 Å². The highest BCUT2D eigenvalue weighted by Crippen LogP contribution is 2.31. The smallest absolute Gasteiger partial charge is 0.270 e. The molecule has 4 rings (SSSR count). The van der Waals surface area contributed by atoms with Gasteiger partial charge in [0.2, 0.25) is 0 Å². The highest BCUT2D eigenvalue weighted by Gasteiger charge is 2.20. The zero-order valence-corrected chi connectivity index (χ0v) is 15.2. The van der Waals surface area contributed by atoms with Crippen LogP contribution in [-0.2, 0) is 6.42 Å². The molecule has 0 radical (unpaired) electrons. The van der Waals surface area contributed by atoms with Crippen molar-refractivity contribution in [3.63, 3.8) is 0 Å². The Balaban J connectivity index is 1.37. The summed E-state index contributed by atoms with van der Waals surface area (Å²) in [5, 5.41) is 11.9. The Labute approximate surface area is 155 Å². The van der Waals surface area contributed by atoms with Crippen LogP contribution in [0, 0.1) is 10.1 Å². The fraction of sp³-hybridized carbons (Fsp3) is 0.316. The average Bonchev–Trinajstić information content (AvgIpc) is 3.11. The molecule has 0 amide bonds. The minimum absolute atomic E-state index is 0.124. The molecule has 0 spiro atoms. The monoisotopic (exact) mass is 368 g/mol. The van der Waals surface area contributed by atoms with E-state index in [0.717, 1.165) is 54.5 Å². The fourth-order valence-corrected chi connectivity index (χ4v) is 4.29. The molecular weight excluding hydrogens is 348 g/mol. The number of nitro benzene ring substituents is 1. The van der Waals surface area contributed by atoms with E-state index in [9.17, 15) is 10.1 Å². The lowest BCUT2D eigenvalue weighted by Gasteiger charge is -2.34. The van der Waals surface area contributed by atoms with Crippen LogP contribution in [0.2, 0.25) is 0 Å². The first-order valence-electron chi connectivity index (χ1n) is 8.75. The van der Waals surface area contributed by atoms with Crippen molar-refractivity contribution in [2.75, 3.05) is 37.6 Å². The standard InChI is InChI=1S/C19H20N4O2S/c24-23(25)16-6-7-17-18(14-16)26-19(20-17)22-12-10-21(11-13-22)9-8-15-4-2-1-3-5-15/h1-7,14H,8-13H2. The summed E-state index contributed by atoms with van der Waals surface area (Å²) in [5.74, 6) is 0. The van der Waals surface area contributed by atoms with Crippen molar-refractivity contribution in [2.24, 2.45) is 0 Å². The van der Waals surface area contributed by atoms with Gasteiger partial charge in [-0.3, -0.25) is 15.0 Å². The highest BCUT2D eigenvalue weighted by molar-refractivity contribution is 7.22. The summed E-state index contributed by atoms with van der Waals surface area (Å²) in [4.78, 5) is 20.0. The zero-order chi connectivity index (χ0) is 17.9. The number of benzene rings is 2. The lowest BCUT2D eigenvalue weighted by molar-refractivity contribution is -0.384. The number of piperazine rings is 1. The van der Waals surface area contributed by atoms with Gasteiger partial charge < -0.3 is 4.90 Å². The number of fused-ring (bicyclic) bond motifs is 1. The first-order chi connectivity index (χ1) is 12.7. The molecule has 3 aromatic rings. The number of hydrogen-bond donors (Lipinski definition) is 0. The number of thiazole rings is 1. The summed E-state index contributed by atoms with van der Waals surface area (Å²) in [6, 6.07) is 15.5. The van der Waals surface area contributed by atoms with Crippen molar-refractivity contribution in [2.45, 2.75) is 6.42 Å². The van der Waals surface area contributed by atoms with Crippen LogP contribution in [0.25, 0.3) is 10.2 Å². The quantitative estimate of drug-likeness (QED) is 0.509. The predicted octanol–water partition coefficient (Wildman–Crippen LogP) is 3.57. The van der Waals surface area contributed by atoms with Crippen LogP contribution in [0.4, 0.5) is 10.8 Å². The van der Waals surface area contributed by atoms with Crippen LogP contribution < -0.4 is 4.90 Å². The maximum atomic E-state index is 10.9. The molecule has 0 atom stereocenters. The van der Waals surface area contributed by atoms with Gasteiger partial charge in [-0.1, -0.05) is 41.7 Å². The second-order valence-electron chi connectivity index (χ2n) is 6.47. The SMILES string of the molecule is O=[N+]([O-])c1ccc2nc(N3CCN(CCc4ccccc4)CC3)sc2c1. The van der Waals surface area contributed by atoms with Gasteiger partial charge in [0.05, 0.1) is 15.1 Å². The van der Waals surface area contributed by atoms with Gasteiger partial charge in [-0.25, -0.2) is 4.98 Å². The Hall–Kier alpha value is -2.51. The first-order valence-corrected chi connectivity index (χ1v) is 9.57. The molecular formula is C19H20N4O2S. The summed E-state index contributed by atoms with van der Waals surface area (Å²) >= 11 is 1.54. The topological polar surface area (TPSA) is 62.5 Å². The van der Waals surface area contributed by atoms with Crippen LogP contribution in [0.3, 0.4) is 0 Å². The highest BCUT2D eigenvalue weighted by atomic mass is 32.1. The van der Waals surface area contributed by atoms with E-state index in [1.165, 1.54) is 23.0 Å². The Bertz CT molecular complexity index is 904. The largest absolute Gasteiger partial charge is 0.345 e. The van der Waals surface area contributed by atoms with Crippen molar-refractivity contribution in [3.05, 3.63) is 64.2 Å². The molecule has 0 aliphatic carbocycles. The van der Waals surface area contributed by atoms with E-state index in [2.05, 4.69) is 45.1 Å². The van der Waals surface area contributed by atoms with E-state index >= 15 is 0 Å². The van der Waals surface area contributed by atoms with Gasteiger partial charge in [0, 0.05) is 44.9 Å². The molecule has 1 aromatic heterocycles. The summed E-state index contributed by atoms with van der Waals surface area (Å²) in [5.41, 5.74) is 2.34. The van der Waals surface area contributed by atoms with Crippen LogP contribution in [0.15, 0.2) is 48.5 Å². The molecule has 1 fully saturated rings. The van der Waals surface area contributed by atoms with Crippen molar-refractivity contribution in [1.82, 2.24) is 9.88 Å². The van der Waals surface area contributed by atoms with Gasteiger partial charge in [-0.05, 0) is 18.1 Å². The maximum Gasteiger partial charge on any atom is 0.270 e. The second-order valence-corrected chi connectivity index (χ2v) is 7.48. The lowest BCUT2D eigenvalue weighted by atomic mass is 10.1. The Morgan fingerprint density at radius 2 is 1.85 bits per heavy atom. The van der Waals surface area contributed by atoms with Gasteiger partial charge in [-0.2, -0.15) is 0 Å². The molecule has 0 unspecified atom stereocenters.